The predicted molar refractivity (Wildman–Crippen MR) is 201 cm³/mol. The quantitative estimate of drug-likeness (QED) is 0.0262. The van der Waals surface area contributed by atoms with E-state index < -0.39 is 55.4 Å². The lowest BCUT2D eigenvalue weighted by molar-refractivity contribution is -0.305. The Hall–Kier alpha value is -2.60. The summed E-state index contributed by atoms with van der Waals surface area (Å²) in [4.78, 5) is 25.2. The van der Waals surface area contributed by atoms with E-state index in [0.29, 0.717) is 12.8 Å². The van der Waals surface area contributed by atoms with Crippen molar-refractivity contribution in [1.82, 2.24) is 0 Å². The van der Waals surface area contributed by atoms with Crippen LogP contribution in [0.3, 0.4) is 0 Å². The average Bonchev–Trinajstić information content (AvgIpc) is 3.13. The summed E-state index contributed by atoms with van der Waals surface area (Å²) >= 11 is 0. The molecule has 1 heterocycles. The number of hydrogen-bond acceptors (Lipinski definition) is 10. The van der Waals surface area contributed by atoms with Crippen LogP contribution in [0.2, 0.25) is 0 Å². The second-order valence-corrected chi connectivity index (χ2v) is 13.1. The summed E-state index contributed by atoms with van der Waals surface area (Å²) in [6.45, 7) is 3.18. The van der Waals surface area contributed by atoms with Gasteiger partial charge in [-0.25, -0.2) is 0 Å². The molecule has 0 aromatic rings. The van der Waals surface area contributed by atoms with Gasteiger partial charge in [-0.1, -0.05) is 126 Å². The molecule has 1 rings (SSSR count). The lowest BCUT2D eigenvalue weighted by Gasteiger charge is -2.39. The molecule has 1 aliphatic rings. The third-order valence-electron chi connectivity index (χ3n) is 8.48. The van der Waals surface area contributed by atoms with Crippen LogP contribution in [0.1, 0.15) is 129 Å². The van der Waals surface area contributed by atoms with Crippen LogP contribution in [0.25, 0.3) is 0 Å². The predicted octanol–water partition coefficient (Wildman–Crippen LogP) is 7.10. The minimum Gasteiger partial charge on any atom is -0.462 e. The summed E-state index contributed by atoms with van der Waals surface area (Å²) in [5.74, 6) is -0.854. The number of esters is 2. The van der Waals surface area contributed by atoms with Crippen molar-refractivity contribution in [2.45, 2.75) is 166 Å². The Morgan fingerprint density at radius 2 is 1.18 bits per heavy atom. The highest BCUT2D eigenvalue weighted by Crippen LogP contribution is 2.22. The summed E-state index contributed by atoms with van der Waals surface area (Å²) in [5, 5.41) is 39.9. The summed E-state index contributed by atoms with van der Waals surface area (Å²) in [5.41, 5.74) is 0. The van der Waals surface area contributed by atoms with Crippen LogP contribution >= 0.6 is 0 Å². The van der Waals surface area contributed by atoms with Crippen molar-refractivity contribution in [3.05, 3.63) is 60.8 Å². The van der Waals surface area contributed by atoms with E-state index in [-0.39, 0.29) is 26.1 Å². The summed E-state index contributed by atoms with van der Waals surface area (Å²) in [7, 11) is 0. The molecule has 292 valence electrons. The van der Waals surface area contributed by atoms with E-state index in [0.717, 1.165) is 77.0 Å². The molecule has 0 aromatic heterocycles. The van der Waals surface area contributed by atoms with Gasteiger partial charge in [-0.05, 0) is 51.4 Å². The number of aliphatic hydroxyl groups is 4. The highest BCUT2D eigenvalue weighted by Gasteiger charge is 2.44. The fraction of sp³-hybridized carbons (Fsp3) is 0.707. The Balaban J connectivity index is 2.43. The fourth-order valence-corrected chi connectivity index (χ4v) is 5.35. The topological polar surface area (TPSA) is 152 Å². The number of aliphatic hydroxyl groups excluding tert-OH is 4. The molecular formula is C41H68O10. The van der Waals surface area contributed by atoms with Crippen LogP contribution in [-0.2, 0) is 28.5 Å². The van der Waals surface area contributed by atoms with Crippen LogP contribution in [0, 0.1) is 0 Å². The minimum absolute atomic E-state index is 0.199. The Kier molecular flexibility index (Phi) is 29.2. The first kappa shape index (κ1) is 46.4. The van der Waals surface area contributed by atoms with Crippen molar-refractivity contribution >= 4 is 11.9 Å². The molecule has 1 fully saturated rings. The molecule has 10 nitrogen and oxygen atoms in total. The highest BCUT2D eigenvalue weighted by atomic mass is 16.7. The number of carbonyl (C=O) groups is 2. The maximum absolute atomic E-state index is 12.7. The molecule has 0 spiro atoms. The Morgan fingerprint density at radius 3 is 1.80 bits per heavy atom. The van der Waals surface area contributed by atoms with Crippen molar-refractivity contribution in [2.24, 2.45) is 0 Å². The van der Waals surface area contributed by atoms with Gasteiger partial charge in [0, 0.05) is 12.8 Å². The summed E-state index contributed by atoms with van der Waals surface area (Å²) in [6, 6.07) is 0. The number of unbranched alkanes of at least 4 members (excludes halogenated alkanes) is 12. The fourth-order valence-electron chi connectivity index (χ4n) is 5.35. The Bertz CT molecular complexity index is 1020. The molecule has 0 amide bonds. The van der Waals surface area contributed by atoms with Gasteiger partial charge in [-0.15, -0.1) is 0 Å². The average molecular weight is 721 g/mol. The van der Waals surface area contributed by atoms with E-state index in [4.69, 9.17) is 18.9 Å². The van der Waals surface area contributed by atoms with Gasteiger partial charge in [-0.2, -0.15) is 0 Å². The zero-order chi connectivity index (χ0) is 37.4. The van der Waals surface area contributed by atoms with Crippen molar-refractivity contribution in [1.29, 1.82) is 0 Å². The Labute approximate surface area is 307 Å². The molecule has 0 saturated carbocycles. The number of ether oxygens (including phenoxy) is 4. The smallest absolute Gasteiger partial charge is 0.306 e. The molecule has 0 bridgehead atoms. The van der Waals surface area contributed by atoms with Crippen molar-refractivity contribution in [3.63, 3.8) is 0 Å². The van der Waals surface area contributed by atoms with Gasteiger partial charge in [0.1, 0.15) is 31.0 Å². The molecular weight excluding hydrogens is 652 g/mol. The van der Waals surface area contributed by atoms with Crippen molar-refractivity contribution in [2.75, 3.05) is 19.8 Å². The zero-order valence-corrected chi connectivity index (χ0v) is 31.3. The van der Waals surface area contributed by atoms with E-state index >= 15 is 0 Å². The zero-order valence-electron chi connectivity index (χ0n) is 31.3. The van der Waals surface area contributed by atoms with Gasteiger partial charge in [0.25, 0.3) is 0 Å². The van der Waals surface area contributed by atoms with Crippen LogP contribution < -0.4 is 0 Å². The molecule has 1 aliphatic heterocycles. The van der Waals surface area contributed by atoms with E-state index in [1.54, 1.807) is 0 Å². The largest absolute Gasteiger partial charge is 0.462 e. The first-order valence-corrected chi connectivity index (χ1v) is 19.4. The molecule has 4 N–H and O–H groups in total. The van der Waals surface area contributed by atoms with Gasteiger partial charge >= 0.3 is 11.9 Å². The number of carbonyl (C=O) groups excluding carboxylic acids is 2. The Morgan fingerprint density at radius 1 is 0.627 bits per heavy atom. The van der Waals surface area contributed by atoms with E-state index in [9.17, 15) is 30.0 Å². The van der Waals surface area contributed by atoms with E-state index in [1.165, 1.54) is 12.8 Å². The van der Waals surface area contributed by atoms with Crippen molar-refractivity contribution < 1.29 is 49.0 Å². The van der Waals surface area contributed by atoms with Gasteiger partial charge < -0.3 is 39.4 Å². The SMILES string of the molecule is CC/C=C/C=C/C=C/C=C/CCCCCCCC(=O)O[C@H](COC(=O)CCCCCCC/C=C/CCCC)CO[C@@H]1O[C@H](CO)[C@H](O)C(O)C1O. The van der Waals surface area contributed by atoms with Gasteiger partial charge in [0.2, 0.25) is 0 Å². The molecule has 2 unspecified atom stereocenters. The van der Waals surface area contributed by atoms with Crippen LogP contribution in [0.5, 0.6) is 0 Å². The molecule has 0 radical (unpaired) electrons. The standard InChI is InChI=1S/C41H68O10/c1-3-5-7-9-11-13-15-16-17-18-20-22-24-26-28-30-37(44)50-34(33-49-41-40(47)39(46)38(45)35(31-42)51-41)32-48-36(43)29-27-25-23-21-19-14-12-10-8-6-4-2/h5,7,9-13,15-17,34-35,38-42,45-47H,3-4,6,8,14,18-33H2,1-2H3/b7-5+,11-9+,12-10+,15-13+,17-16+/t34-,35-,38+,39?,40?,41-/m1/s1. The molecule has 1 saturated heterocycles. The third kappa shape index (κ3) is 24.3. The van der Waals surface area contributed by atoms with Gasteiger partial charge in [0.15, 0.2) is 12.4 Å². The lowest BCUT2D eigenvalue weighted by Crippen LogP contribution is -2.59. The maximum Gasteiger partial charge on any atom is 0.306 e. The van der Waals surface area contributed by atoms with E-state index in [2.05, 4.69) is 44.2 Å². The monoisotopic (exact) mass is 720 g/mol. The van der Waals surface area contributed by atoms with E-state index in [1.807, 2.05) is 30.4 Å². The summed E-state index contributed by atoms with van der Waals surface area (Å²) in [6.07, 6.45) is 29.4. The molecule has 0 aromatic carbocycles. The van der Waals surface area contributed by atoms with Crippen LogP contribution in [0.4, 0.5) is 0 Å². The third-order valence-corrected chi connectivity index (χ3v) is 8.48. The summed E-state index contributed by atoms with van der Waals surface area (Å²) < 4.78 is 22.0. The number of hydrogen-bond donors (Lipinski definition) is 4. The lowest BCUT2D eigenvalue weighted by atomic mass is 9.99. The molecule has 10 heteroatoms. The normalized spacial score (nSPS) is 21.9. The molecule has 51 heavy (non-hydrogen) atoms. The second kappa shape index (κ2) is 32.1. The second-order valence-electron chi connectivity index (χ2n) is 13.1. The maximum atomic E-state index is 12.7. The first-order chi connectivity index (χ1) is 24.8. The van der Waals surface area contributed by atoms with Crippen LogP contribution in [0.15, 0.2) is 60.8 Å². The van der Waals surface area contributed by atoms with Gasteiger partial charge in [-0.3, -0.25) is 9.59 Å². The highest BCUT2D eigenvalue weighted by molar-refractivity contribution is 5.70. The minimum atomic E-state index is -1.60. The van der Waals surface area contributed by atoms with Gasteiger partial charge in [0.05, 0.1) is 13.2 Å². The first-order valence-electron chi connectivity index (χ1n) is 19.4. The molecule has 6 atom stereocenters. The van der Waals surface area contributed by atoms with Crippen LogP contribution in [-0.4, -0.2) is 89.0 Å². The number of allylic oxidation sites excluding steroid dienone is 10. The molecule has 0 aliphatic carbocycles. The van der Waals surface area contributed by atoms with Crippen molar-refractivity contribution in [3.8, 4) is 0 Å². The number of rotatable bonds is 30.